The standard InChI is InChI=1S/C85H127N23O27/c1-10-42(6)68(84(133)106-26-12-15-58(106)79(128)95-45(9)71(120)103-57(85(134)135)36-67(116)117)104-78(127)51(30-41(4)5)99-74(123)50(23-24-62(87)110)96-76(125)54(33-63(88)111)97-69(118)43(7)93-65(113)38-91-73(122)53(32-47-37-90-39-92-47)100-77(126)55(35-66(114)115)98-70(119)44(8)94-75(124)52(31-46-19-21-48(109)22-20-46)101-80(129)59-16-11-25-105(59)82(131)61-18-14-28-108(61)83(132)60-17-13-27-107(60)81(130)56(34-64(89)112)102-72(121)49(86)29-40(2)3/h19-22,37,39-45,49-61,68,109H,10-18,23-36,38,86H2,1-9H3,(H2,87,110)(H2,88,111)(H2,89,112)(H,90,92)(H,91,122)(H,93,113)(H,94,124)(H,95,128)(H,96,125)(H,97,118)(H,98,119)(H,99,123)(H,100,126)(H,101,129)(H,102,121)(H,103,120)(H,104,127)(H,114,115)(H,116,117)(H,134,135)/t42-,43-,44-,45-,49-,50-,51-,52-,53-,54-,55-,56-,57-,58-,59-,60-,61-,68-/m0/s1. The first kappa shape index (κ1) is 110. The van der Waals surface area contributed by atoms with Gasteiger partial charge in [0.05, 0.1) is 44.6 Å². The van der Waals surface area contributed by atoms with Crippen LogP contribution >= 0.6 is 0 Å². The SMILES string of the molecule is CC[C@H](C)[C@H](NC(=O)[C@H](CC(C)C)NC(=O)[C@H](CCC(N)=O)NC(=O)[C@H](CC(N)=O)NC(=O)[C@H](C)NC(=O)CNC(=O)[C@H](Cc1cnc[nH]1)NC(=O)[C@H](CC(=O)O)NC(=O)[C@H](C)NC(=O)[C@H](Cc1ccc(O)cc1)NC(=O)[C@@H]1CCCN1C(=O)[C@@H]1CCCN1C(=O)[C@@H]1CCCN1C(=O)[C@H](CC(N)=O)NC(=O)[C@@H](N)CC(C)C)C(=O)N1CCC[C@H]1C(=O)N[C@@H](C)C(=O)N[C@@H](CC(=O)O)C(=O)O. The van der Waals surface area contributed by atoms with Crippen LogP contribution in [0.15, 0.2) is 36.8 Å². The molecule has 0 unspecified atom stereocenters. The largest absolute Gasteiger partial charge is 0.508 e. The number of primary amides is 3. The fourth-order valence-corrected chi connectivity index (χ4v) is 15.9. The van der Waals surface area contributed by atoms with Gasteiger partial charge in [-0.25, -0.2) is 9.78 Å². The molecule has 0 spiro atoms. The van der Waals surface area contributed by atoms with Gasteiger partial charge in [-0.2, -0.15) is 0 Å². The molecule has 4 aliphatic heterocycles. The third kappa shape index (κ3) is 33.6. The van der Waals surface area contributed by atoms with Crippen molar-refractivity contribution in [1.29, 1.82) is 0 Å². The maximum absolute atomic E-state index is 14.7. The first-order valence-corrected chi connectivity index (χ1v) is 44.6. The number of aliphatic carboxylic acids is 3. The number of nitrogens with one attached hydrogen (secondary N) is 14. The highest BCUT2D eigenvalue weighted by molar-refractivity contribution is 6.03. The number of hydrogen-bond donors (Lipinski definition) is 22. The number of imidazole rings is 1. The molecule has 50 heteroatoms. The summed E-state index contributed by atoms with van der Waals surface area (Å²) in [5.74, 6) is -25.3. The molecule has 5 heterocycles. The number of amides is 20. The van der Waals surface area contributed by atoms with E-state index in [4.69, 9.17) is 28.0 Å². The highest BCUT2D eigenvalue weighted by atomic mass is 16.4. The Balaban J connectivity index is 1.08. The number of phenols is 1. The number of nitrogens with zero attached hydrogens (tertiary/aromatic N) is 5. The summed E-state index contributed by atoms with van der Waals surface area (Å²) in [7, 11) is 0. The van der Waals surface area contributed by atoms with Crippen molar-refractivity contribution >= 4 is 136 Å². The van der Waals surface area contributed by atoms with Crippen LogP contribution in [0.25, 0.3) is 0 Å². The Kier molecular flexibility index (Phi) is 42.2. The van der Waals surface area contributed by atoms with Gasteiger partial charge in [0, 0.05) is 57.3 Å². The molecule has 50 nitrogen and oxygen atoms in total. The Morgan fingerprint density at radius 1 is 0.430 bits per heavy atom. The molecule has 1 aromatic heterocycles. The third-order valence-corrected chi connectivity index (χ3v) is 23.2. The van der Waals surface area contributed by atoms with Crippen LogP contribution in [0, 0.1) is 17.8 Å². The molecule has 26 N–H and O–H groups in total. The first-order valence-electron chi connectivity index (χ1n) is 44.6. The van der Waals surface area contributed by atoms with Crippen LogP contribution in [-0.4, -0.2) is 321 Å². The van der Waals surface area contributed by atoms with E-state index in [1.807, 2.05) is 19.2 Å². The molecule has 6 rings (SSSR count). The maximum Gasteiger partial charge on any atom is 0.326 e. The van der Waals surface area contributed by atoms with Gasteiger partial charge in [0.2, 0.25) is 118 Å². The number of carbonyl (C=O) groups is 23. The molecule has 0 bridgehead atoms. The molecule has 1 aromatic carbocycles. The van der Waals surface area contributed by atoms with Crippen LogP contribution in [0.2, 0.25) is 0 Å². The molecule has 135 heavy (non-hydrogen) atoms. The van der Waals surface area contributed by atoms with Crippen molar-refractivity contribution < 1.29 is 131 Å². The number of rotatable bonds is 52. The zero-order valence-electron chi connectivity index (χ0n) is 76.7. The van der Waals surface area contributed by atoms with Crippen molar-refractivity contribution in [2.75, 3.05) is 32.7 Å². The lowest BCUT2D eigenvalue weighted by molar-refractivity contribution is -0.151. The monoisotopic (exact) mass is 1900 g/mol. The van der Waals surface area contributed by atoms with Crippen LogP contribution in [0.3, 0.4) is 0 Å². The molecular weight excluding hydrogens is 1780 g/mol. The van der Waals surface area contributed by atoms with Crippen molar-refractivity contribution in [3.8, 4) is 5.75 Å². The fraction of sp³-hybridized carbons (Fsp3) is 0.624. The lowest BCUT2D eigenvalue weighted by atomic mass is 9.95. The van der Waals surface area contributed by atoms with Crippen LogP contribution in [0.1, 0.15) is 183 Å². The van der Waals surface area contributed by atoms with E-state index in [2.05, 4.69) is 73.8 Å². The molecule has 4 fully saturated rings. The number of nitrogens with two attached hydrogens (primary N) is 4. The second kappa shape index (κ2) is 51.9. The molecule has 0 aliphatic carbocycles. The van der Waals surface area contributed by atoms with E-state index in [-0.39, 0.29) is 107 Å². The predicted molar refractivity (Wildman–Crippen MR) is 471 cm³/mol. The van der Waals surface area contributed by atoms with Crippen LogP contribution in [0.4, 0.5) is 0 Å². The minimum absolute atomic E-state index is 0.00517. The predicted octanol–water partition coefficient (Wildman–Crippen LogP) is -7.63. The molecule has 18 atom stereocenters. The number of aromatic nitrogens is 2. The minimum Gasteiger partial charge on any atom is -0.508 e. The average Bonchev–Trinajstić information content (AvgIpc) is 1.65. The van der Waals surface area contributed by atoms with Crippen molar-refractivity contribution in [3.63, 3.8) is 0 Å². The van der Waals surface area contributed by atoms with Gasteiger partial charge in [0.1, 0.15) is 102 Å². The highest BCUT2D eigenvalue weighted by Gasteiger charge is 2.49. The van der Waals surface area contributed by atoms with Crippen molar-refractivity contribution in [3.05, 3.63) is 48.0 Å². The maximum atomic E-state index is 14.7. The van der Waals surface area contributed by atoms with Gasteiger partial charge >= 0.3 is 17.9 Å². The summed E-state index contributed by atoms with van der Waals surface area (Å²) >= 11 is 0. The quantitative estimate of drug-likeness (QED) is 0.0293. The Hall–Kier alpha value is -14.0. The van der Waals surface area contributed by atoms with E-state index >= 15 is 0 Å². The molecule has 0 saturated carbocycles. The second-order valence-corrected chi connectivity index (χ2v) is 35.0. The summed E-state index contributed by atoms with van der Waals surface area (Å²) in [6.45, 7) is 13.1. The smallest absolute Gasteiger partial charge is 0.326 e. The third-order valence-electron chi connectivity index (χ3n) is 23.2. The summed E-state index contributed by atoms with van der Waals surface area (Å²) in [5.41, 5.74) is 23.1. The van der Waals surface area contributed by atoms with Gasteiger partial charge in [-0.05, 0) is 127 Å². The van der Waals surface area contributed by atoms with Crippen LogP contribution in [-0.2, 0) is 123 Å². The zero-order chi connectivity index (χ0) is 101. The number of aromatic hydroxyl groups is 1. The summed E-state index contributed by atoms with van der Waals surface area (Å²) < 4.78 is 0. The number of likely N-dealkylation sites (tertiary alicyclic amines) is 4. The van der Waals surface area contributed by atoms with Crippen molar-refractivity contribution in [2.45, 2.75) is 287 Å². The van der Waals surface area contributed by atoms with Gasteiger partial charge in [-0.3, -0.25) is 105 Å². The van der Waals surface area contributed by atoms with Gasteiger partial charge in [-0.1, -0.05) is 60.1 Å². The summed E-state index contributed by atoms with van der Waals surface area (Å²) in [6, 6.07) is -20.0. The molecule has 4 saturated heterocycles. The summed E-state index contributed by atoms with van der Waals surface area (Å²) in [5, 5.41) is 69.7. The van der Waals surface area contributed by atoms with E-state index in [0.29, 0.717) is 24.8 Å². The summed E-state index contributed by atoms with van der Waals surface area (Å²) in [4.78, 5) is 323. The Labute approximate surface area is 776 Å². The minimum atomic E-state index is -2.02. The number of carbonyl (C=O) groups excluding carboxylic acids is 20. The summed E-state index contributed by atoms with van der Waals surface area (Å²) in [6.07, 6.45) is -0.807. The molecule has 2 aromatic rings. The first-order chi connectivity index (χ1) is 63.5. The highest BCUT2D eigenvalue weighted by Crippen LogP contribution is 2.31. The van der Waals surface area contributed by atoms with E-state index in [1.54, 1.807) is 27.7 Å². The Bertz CT molecular complexity index is 4670. The number of phenolic OH excluding ortho intramolecular Hbond substituents is 1. The second-order valence-electron chi connectivity index (χ2n) is 35.0. The molecule has 0 radical (unpaired) electrons. The van der Waals surface area contributed by atoms with E-state index < -0.39 is 296 Å². The Morgan fingerprint density at radius 2 is 0.852 bits per heavy atom. The number of carboxylic acids is 3. The van der Waals surface area contributed by atoms with Crippen molar-refractivity contribution in [2.24, 2.45) is 40.7 Å². The molecular formula is C85H127N23O27. The van der Waals surface area contributed by atoms with Gasteiger partial charge in [0.25, 0.3) is 0 Å². The lowest BCUT2D eigenvalue weighted by Gasteiger charge is -2.35. The zero-order valence-corrected chi connectivity index (χ0v) is 76.7. The number of H-pyrrole nitrogens is 1. The number of aromatic amines is 1. The normalized spacial score (nSPS) is 18.8. The number of benzene rings is 1. The Morgan fingerprint density at radius 3 is 1.37 bits per heavy atom. The van der Waals surface area contributed by atoms with Crippen LogP contribution < -0.4 is 92.1 Å². The molecule has 20 amide bonds. The van der Waals surface area contributed by atoms with Gasteiger partial charge < -0.3 is 137 Å². The van der Waals surface area contributed by atoms with Crippen LogP contribution in [0.5, 0.6) is 5.75 Å². The lowest BCUT2D eigenvalue weighted by Crippen LogP contribution is -2.61. The van der Waals surface area contributed by atoms with E-state index in [0.717, 1.165) is 13.8 Å². The van der Waals surface area contributed by atoms with Crippen molar-refractivity contribution in [1.82, 2.24) is 98.7 Å². The van der Waals surface area contributed by atoms with Gasteiger partial charge in [-0.15, -0.1) is 0 Å². The van der Waals surface area contributed by atoms with E-state index in [9.17, 15) is 126 Å². The average molecular weight is 1900 g/mol. The topological polar surface area (TPSA) is 776 Å². The molecule has 744 valence electrons. The molecule has 4 aliphatic rings. The van der Waals surface area contributed by atoms with E-state index in [1.165, 1.54) is 63.3 Å². The fourth-order valence-electron chi connectivity index (χ4n) is 15.9. The number of carboxylic acid groups (broad SMARTS) is 3. The van der Waals surface area contributed by atoms with Gasteiger partial charge in [0.15, 0.2) is 0 Å². The number of hydrogen-bond acceptors (Lipinski definition) is 26.